The largest absolute Gasteiger partial charge is 0.455 e. The van der Waals surface area contributed by atoms with E-state index in [-0.39, 0.29) is 23.0 Å². The first-order valence-electron chi connectivity index (χ1n) is 10.4. The van der Waals surface area contributed by atoms with E-state index in [1.54, 1.807) is 30.3 Å². The first-order chi connectivity index (χ1) is 17.5. The number of halogens is 4. The van der Waals surface area contributed by atoms with Crippen molar-refractivity contribution in [2.75, 3.05) is 23.5 Å². The van der Waals surface area contributed by atoms with Crippen molar-refractivity contribution >= 4 is 27.3 Å². The molecule has 0 amide bonds. The SMILES string of the molecule is CS(=O)(=O)c1ccc(Nc2ncc(-c3nc(C(F)(F)F)no3)c(N[C@H](CO)c3ccccc3)n2)cc1F. The molecule has 0 aliphatic rings. The lowest BCUT2D eigenvalue weighted by Crippen LogP contribution is -2.17. The topological polar surface area (TPSA) is 143 Å². The van der Waals surface area contributed by atoms with E-state index in [1.807, 2.05) is 0 Å². The predicted octanol–water partition coefficient (Wildman–Crippen LogP) is 3.98. The molecular formula is C22H18F4N6O4S. The van der Waals surface area contributed by atoms with E-state index in [2.05, 4.69) is 30.7 Å². The van der Waals surface area contributed by atoms with E-state index in [9.17, 15) is 31.1 Å². The van der Waals surface area contributed by atoms with Gasteiger partial charge in [-0.3, -0.25) is 0 Å². The molecule has 0 spiro atoms. The number of anilines is 3. The van der Waals surface area contributed by atoms with Crippen LogP contribution in [0.15, 0.2) is 64.1 Å². The minimum Gasteiger partial charge on any atom is -0.394 e. The number of nitrogens with zero attached hydrogens (tertiary/aromatic N) is 4. The number of nitrogens with one attached hydrogen (secondary N) is 2. The Kier molecular flexibility index (Phi) is 7.09. The average Bonchev–Trinajstić information content (AvgIpc) is 3.33. The summed E-state index contributed by atoms with van der Waals surface area (Å²) >= 11 is 0. The smallest absolute Gasteiger partial charge is 0.394 e. The molecule has 2 aromatic heterocycles. The fourth-order valence-corrected chi connectivity index (χ4v) is 3.98. The molecule has 1 atom stereocenters. The van der Waals surface area contributed by atoms with Gasteiger partial charge in [0.15, 0.2) is 9.84 Å². The van der Waals surface area contributed by atoms with E-state index in [0.717, 1.165) is 24.6 Å². The lowest BCUT2D eigenvalue weighted by atomic mass is 10.1. The molecule has 0 fully saturated rings. The highest BCUT2D eigenvalue weighted by Crippen LogP contribution is 2.33. The van der Waals surface area contributed by atoms with Crippen LogP contribution in [0.1, 0.15) is 17.4 Å². The summed E-state index contributed by atoms with van der Waals surface area (Å²) in [6, 6.07) is 11.2. The second-order valence-corrected chi connectivity index (χ2v) is 9.69. The molecule has 3 N–H and O–H groups in total. The number of benzene rings is 2. The first kappa shape index (κ1) is 26.0. The lowest BCUT2D eigenvalue weighted by molar-refractivity contribution is -0.146. The molecule has 0 unspecified atom stereocenters. The summed E-state index contributed by atoms with van der Waals surface area (Å²) in [6.45, 7) is -0.411. The van der Waals surface area contributed by atoms with Crippen molar-refractivity contribution in [3.63, 3.8) is 0 Å². The Hall–Kier alpha value is -4.11. The van der Waals surface area contributed by atoms with E-state index in [1.165, 1.54) is 6.07 Å². The van der Waals surface area contributed by atoms with Gasteiger partial charge < -0.3 is 20.3 Å². The van der Waals surface area contributed by atoms with Crippen molar-refractivity contribution in [2.45, 2.75) is 17.1 Å². The fourth-order valence-electron chi connectivity index (χ4n) is 3.25. The number of hydrogen-bond donors (Lipinski definition) is 3. The summed E-state index contributed by atoms with van der Waals surface area (Å²) in [4.78, 5) is 11.1. The van der Waals surface area contributed by atoms with Gasteiger partial charge in [0.05, 0.1) is 12.6 Å². The zero-order valence-electron chi connectivity index (χ0n) is 18.9. The Morgan fingerprint density at radius 3 is 2.43 bits per heavy atom. The monoisotopic (exact) mass is 538 g/mol. The quantitative estimate of drug-likeness (QED) is 0.282. The van der Waals surface area contributed by atoms with Crippen LogP contribution >= 0.6 is 0 Å². The van der Waals surface area contributed by atoms with E-state index in [4.69, 9.17) is 4.52 Å². The molecule has 2 aromatic carbocycles. The number of hydrogen-bond acceptors (Lipinski definition) is 10. The fraction of sp³-hybridized carbons (Fsp3) is 0.182. The molecule has 0 saturated carbocycles. The Balaban J connectivity index is 1.72. The summed E-state index contributed by atoms with van der Waals surface area (Å²) in [5.41, 5.74) is 0.646. The van der Waals surface area contributed by atoms with Crippen LogP contribution in [0.5, 0.6) is 0 Å². The van der Waals surface area contributed by atoms with Crippen LogP contribution < -0.4 is 10.6 Å². The molecule has 0 radical (unpaired) electrons. The number of sulfone groups is 1. The molecule has 37 heavy (non-hydrogen) atoms. The first-order valence-corrected chi connectivity index (χ1v) is 12.3. The Bertz CT molecular complexity index is 1510. The van der Waals surface area contributed by atoms with Crippen LogP contribution in [-0.4, -0.2) is 46.5 Å². The average molecular weight is 538 g/mol. The minimum atomic E-state index is -4.85. The van der Waals surface area contributed by atoms with Crippen LogP contribution in [0.25, 0.3) is 11.5 Å². The third-order valence-electron chi connectivity index (χ3n) is 4.98. The number of aliphatic hydroxyl groups excluding tert-OH is 1. The van der Waals surface area contributed by atoms with Crippen LogP contribution in [0.3, 0.4) is 0 Å². The van der Waals surface area contributed by atoms with Crippen LogP contribution in [0.4, 0.5) is 35.0 Å². The van der Waals surface area contributed by atoms with Gasteiger partial charge in [-0.15, -0.1) is 0 Å². The molecule has 4 aromatic rings. The zero-order chi connectivity index (χ0) is 26.8. The second-order valence-electron chi connectivity index (χ2n) is 7.71. The van der Waals surface area contributed by atoms with Gasteiger partial charge in [0.1, 0.15) is 22.1 Å². The second kappa shape index (κ2) is 10.1. The number of alkyl halides is 3. The highest BCUT2D eigenvalue weighted by Gasteiger charge is 2.37. The van der Waals surface area contributed by atoms with Gasteiger partial charge in [-0.2, -0.15) is 23.1 Å². The van der Waals surface area contributed by atoms with Gasteiger partial charge >= 0.3 is 6.18 Å². The van der Waals surface area contributed by atoms with Gasteiger partial charge in [-0.25, -0.2) is 17.8 Å². The molecular weight excluding hydrogens is 520 g/mol. The van der Waals surface area contributed by atoms with Gasteiger partial charge in [0.25, 0.3) is 11.7 Å². The van der Waals surface area contributed by atoms with Crippen molar-refractivity contribution in [1.29, 1.82) is 0 Å². The molecule has 0 aliphatic heterocycles. The van der Waals surface area contributed by atoms with Gasteiger partial charge in [0, 0.05) is 18.1 Å². The number of rotatable bonds is 8. The molecule has 2 heterocycles. The Labute approximate surface area is 207 Å². The molecule has 15 heteroatoms. The third-order valence-corrected chi connectivity index (χ3v) is 6.11. The molecule has 0 saturated heterocycles. The van der Waals surface area contributed by atoms with Crippen LogP contribution in [-0.2, 0) is 16.0 Å². The standard InChI is InChI=1S/C22H18F4N6O4S/c1-37(34,35)17-8-7-13(9-15(17)23)28-21-27-10-14(19-31-20(32-36-19)22(24,25)26)18(30-21)29-16(11-33)12-5-3-2-4-6-12/h2-10,16,33H,11H2,1H3,(H2,27,28,29,30)/t16-/m1/s1. The lowest BCUT2D eigenvalue weighted by Gasteiger charge is -2.19. The zero-order valence-corrected chi connectivity index (χ0v) is 19.7. The summed E-state index contributed by atoms with van der Waals surface area (Å²) in [5.74, 6) is -3.24. The van der Waals surface area contributed by atoms with Crippen molar-refractivity contribution < 1.29 is 35.6 Å². The maximum atomic E-state index is 14.3. The molecule has 194 valence electrons. The summed E-state index contributed by atoms with van der Waals surface area (Å²) in [7, 11) is -3.79. The van der Waals surface area contributed by atoms with Crippen molar-refractivity contribution in [2.24, 2.45) is 0 Å². The molecule has 10 nitrogen and oxygen atoms in total. The molecule has 0 aliphatic carbocycles. The van der Waals surface area contributed by atoms with Gasteiger partial charge in [0.2, 0.25) is 5.95 Å². The highest BCUT2D eigenvalue weighted by atomic mass is 32.2. The summed E-state index contributed by atoms with van der Waals surface area (Å²) in [6.07, 6.45) is -2.88. The maximum absolute atomic E-state index is 14.3. The van der Waals surface area contributed by atoms with Crippen LogP contribution in [0.2, 0.25) is 0 Å². The predicted molar refractivity (Wildman–Crippen MR) is 123 cm³/mol. The normalized spacial score (nSPS) is 12.8. The minimum absolute atomic E-state index is 0.0778. The third kappa shape index (κ3) is 6.00. The van der Waals surface area contributed by atoms with Crippen LogP contribution in [0, 0.1) is 5.82 Å². The van der Waals surface area contributed by atoms with Crippen molar-refractivity contribution in [3.05, 3.63) is 71.9 Å². The maximum Gasteiger partial charge on any atom is 0.455 e. The van der Waals surface area contributed by atoms with Gasteiger partial charge in [-0.05, 0) is 23.8 Å². The van der Waals surface area contributed by atoms with E-state index >= 15 is 0 Å². The number of aromatic nitrogens is 4. The van der Waals surface area contributed by atoms with E-state index in [0.29, 0.717) is 5.56 Å². The summed E-state index contributed by atoms with van der Waals surface area (Å²) < 4.78 is 81.4. The van der Waals surface area contributed by atoms with Crippen molar-refractivity contribution in [1.82, 2.24) is 20.1 Å². The Morgan fingerprint density at radius 2 is 1.84 bits per heavy atom. The molecule has 0 bridgehead atoms. The number of aliphatic hydroxyl groups is 1. The highest BCUT2D eigenvalue weighted by molar-refractivity contribution is 7.90. The van der Waals surface area contributed by atoms with E-state index < -0.39 is 51.1 Å². The molecule has 4 rings (SSSR count). The summed E-state index contributed by atoms with van der Waals surface area (Å²) in [5, 5.41) is 18.5. The van der Waals surface area contributed by atoms with Crippen molar-refractivity contribution in [3.8, 4) is 11.5 Å². The Morgan fingerprint density at radius 1 is 1.11 bits per heavy atom. The van der Waals surface area contributed by atoms with Gasteiger partial charge in [-0.1, -0.05) is 35.5 Å².